The van der Waals surface area contributed by atoms with E-state index in [1.54, 1.807) is 0 Å². The van der Waals surface area contributed by atoms with E-state index < -0.39 is 6.10 Å². The summed E-state index contributed by atoms with van der Waals surface area (Å²) in [4.78, 5) is 0. The SMILES string of the molecule is CC(C)COCCOCC(O)COc1ccccc1CN. The summed E-state index contributed by atoms with van der Waals surface area (Å²) < 4.78 is 16.3. The first-order chi connectivity index (χ1) is 10.1. The predicted molar refractivity (Wildman–Crippen MR) is 82.3 cm³/mol. The molecule has 0 aliphatic rings. The average Bonchev–Trinajstić information content (AvgIpc) is 2.48. The van der Waals surface area contributed by atoms with Crippen LogP contribution in [0.3, 0.4) is 0 Å². The van der Waals surface area contributed by atoms with Crippen molar-refractivity contribution in [1.82, 2.24) is 0 Å². The van der Waals surface area contributed by atoms with Gasteiger partial charge < -0.3 is 25.1 Å². The van der Waals surface area contributed by atoms with Crippen LogP contribution in [0.25, 0.3) is 0 Å². The minimum absolute atomic E-state index is 0.184. The number of hydrogen-bond donors (Lipinski definition) is 2. The molecule has 1 rings (SSSR count). The topological polar surface area (TPSA) is 73.9 Å². The van der Waals surface area contributed by atoms with Crippen LogP contribution in [0, 0.1) is 5.92 Å². The van der Waals surface area contributed by atoms with Crippen LogP contribution in [-0.4, -0.2) is 44.2 Å². The van der Waals surface area contributed by atoms with E-state index in [9.17, 15) is 5.11 Å². The monoisotopic (exact) mass is 297 g/mol. The molecule has 0 saturated carbocycles. The van der Waals surface area contributed by atoms with Crippen molar-refractivity contribution in [2.75, 3.05) is 33.0 Å². The van der Waals surface area contributed by atoms with E-state index in [1.807, 2.05) is 24.3 Å². The maximum Gasteiger partial charge on any atom is 0.123 e. The lowest BCUT2D eigenvalue weighted by Crippen LogP contribution is -2.25. The highest BCUT2D eigenvalue weighted by Crippen LogP contribution is 2.17. The first kappa shape index (κ1) is 17.9. The number of benzene rings is 1. The van der Waals surface area contributed by atoms with Gasteiger partial charge in [-0.15, -0.1) is 0 Å². The quantitative estimate of drug-likeness (QED) is 0.607. The normalized spacial score (nSPS) is 12.6. The summed E-state index contributed by atoms with van der Waals surface area (Å²) in [7, 11) is 0. The molecule has 5 nitrogen and oxygen atoms in total. The van der Waals surface area contributed by atoms with Crippen molar-refractivity contribution >= 4 is 0 Å². The molecule has 0 fully saturated rings. The fourth-order valence-corrected chi connectivity index (χ4v) is 1.70. The molecule has 0 aliphatic carbocycles. The zero-order chi connectivity index (χ0) is 15.5. The van der Waals surface area contributed by atoms with Crippen molar-refractivity contribution in [3.63, 3.8) is 0 Å². The highest BCUT2D eigenvalue weighted by atomic mass is 16.5. The van der Waals surface area contributed by atoms with Crippen molar-refractivity contribution in [1.29, 1.82) is 0 Å². The second-order valence-electron chi connectivity index (χ2n) is 5.32. The Balaban J connectivity index is 2.12. The van der Waals surface area contributed by atoms with E-state index in [1.165, 1.54) is 0 Å². The largest absolute Gasteiger partial charge is 0.490 e. The van der Waals surface area contributed by atoms with E-state index in [0.717, 1.165) is 12.2 Å². The summed E-state index contributed by atoms with van der Waals surface area (Å²) in [6.07, 6.45) is -0.666. The Hall–Kier alpha value is -1.14. The van der Waals surface area contributed by atoms with Crippen molar-refractivity contribution in [2.24, 2.45) is 11.7 Å². The number of ether oxygens (including phenoxy) is 3. The molecule has 0 radical (unpaired) electrons. The zero-order valence-electron chi connectivity index (χ0n) is 13.0. The Morgan fingerprint density at radius 2 is 1.71 bits per heavy atom. The second-order valence-corrected chi connectivity index (χ2v) is 5.32. The zero-order valence-corrected chi connectivity index (χ0v) is 13.0. The number of rotatable bonds is 11. The van der Waals surface area contributed by atoms with E-state index in [4.69, 9.17) is 19.9 Å². The van der Waals surface area contributed by atoms with Crippen molar-refractivity contribution in [2.45, 2.75) is 26.5 Å². The van der Waals surface area contributed by atoms with Crippen molar-refractivity contribution in [3.8, 4) is 5.75 Å². The smallest absolute Gasteiger partial charge is 0.123 e. The maximum atomic E-state index is 9.80. The second kappa shape index (κ2) is 10.6. The van der Waals surface area contributed by atoms with Crippen LogP contribution in [0.4, 0.5) is 0 Å². The van der Waals surface area contributed by atoms with Gasteiger partial charge in [0, 0.05) is 18.7 Å². The summed E-state index contributed by atoms with van der Waals surface area (Å²) in [5, 5.41) is 9.80. The Kier molecular flexibility index (Phi) is 9.01. The molecule has 0 amide bonds. The highest BCUT2D eigenvalue weighted by Gasteiger charge is 2.07. The number of hydrogen-bond acceptors (Lipinski definition) is 5. The fourth-order valence-electron chi connectivity index (χ4n) is 1.70. The Morgan fingerprint density at radius 1 is 1.05 bits per heavy atom. The fraction of sp³-hybridized carbons (Fsp3) is 0.625. The van der Waals surface area contributed by atoms with Crippen LogP contribution in [0.1, 0.15) is 19.4 Å². The van der Waals surface area contributed by atoms with Gasteiger partial charge in [-0.1, -0.05) is 32.0 Å². The molecule has 0 saturated heterocycles. The van der Waals surface area contributed by atoms with Crippen molar-refractivity contribution in [3.05, 3.63) is 29.8 Å². The van der Waals surface area contributed by atoms with Gasteiger partial charge >= 0.3 is 0 Å². The number of para-hydroxylation sites is 1. The van der Waals surface area contributed by atoms with E-state index in [-0.39, 0.29) is 13.2 Å². The summed E-state index contributed by atoms with van der Waals surface area (Å²) in [5.41, 5.74) is 6.55. The number of nitrogens with two attached hydrogens (primary N) is 1. The van der Waals surface area contributed by atoms with Gasteiger partial charge in [0.15, 0.2) is 0 Å². The first-order valence-corrected chi connectivity index (χ1v) is 7.37. The molecule has 1 aromatic rings. The molecular weight excluding hydrogens is 270 g/mol. The third kappa shape index (κ3) is 8.02. The highest BCUT2D eigenvalue weighted by molar-refractivity contribution is 5.32. The third-order valence-electron chi connectivity index (χ3n) is 2.76. The van der Waals surface area contributed by atoms with Gasteiger partial charge in [0.2, 0.25) is 0 Å². The van der Waals surface area contributed by atoms with E-state index in [2.05, 4.69) is 13.8 Å². The molecule has 0 heterocycles. The van der Waals surface area contributed by atoms with E-state index >= 15 is 0 Å². The molecule has 1 unspecified atom stereocenters. The number of aliphatic hydroxyl groups excluding tert-OH is 1. The molecule has 21 heavy (non-hydrogen) atoms. The van der Waals surface area contributed by atoms with Gasteiger partial charge in [0.25, 0.3) is 0 Å². The average molecular weight is 297 g/mol. The van der Waals surface area contributed by atoms with Crippen LogP contribution < -0.4 is 10.5 Å². The van der Waals surface area contributed by atoms with Crippen LogP contribution in [-0.2, 0) is 16.0 Å². The lowest BCUT2D eigenvalue weighted by Gasteiger charge is -2.15. The third-order valence-corrected chi connectivity index (χ3v) is 2.76. The molecular formula is C16H27NO4. The molecule has 1 atom stereocenters. The van der Waals surface area contributed by atoms with Crippen LogP contribution in [0.5, 0.6) is 5.75 Å². The maximum absolute atomic E-state index is 9.80. The molecule has 0 bridgehead atoms. The summed E-state index contributed by atoms with van der Waals surface area (Å²) in [5.74, 6) is 1.23. The molecule has 0 aliphatic heterocycles. The molecule has 0 spiro atoms. The standard InChI is InChI=1S/C16H27NO4/c1-13(2)10-19-7-8-20-11-15(18)12-21-16-6-4-3-5-14(16)9-17/h3-6,13,15,18H,7-12,17H2,1-2H3. The summed E-state index contributed by atoms with van der Waals surface area (Å²) in [6, 6.07) is 7.54. The lowest BCUT2D eigenvalue weighted by atomic mass is 10.2. The Bertz CT molecular complexity index is 384. The van der Waals surface area contributed by atoms with Crippen LogP contribution >= 0.6 is 0 Å². The van der Waals surface area contributed by atoms with Gasteiger partial charge in [-0.3, -0.25) is 0 Å². The minimum Gasteiger partial charge on any atom is -0.490 e. The minimum atomic E-state index is -0.666. The van der Waals surface area contributed by atoms with Gasteiger partial charge in [-0.2, -0.15) is 0 Å². The van der Waals surface area contributed by atoms with Crippen LogP contribution in [0.15, 0.2) is 24.3 Å². The molecule has 3 N–H and O–H groups in total. The van der Waals surface area contributed by atoms with Gasteiger partial charge in [-0.05, 0) is 12.0 Å². The predicted octanol–water partition coefficient (Wildman–Crippen LogP) is 1.57. The Labute approximate surface area is 127 Å². The van der Waals surface area contributed by atoms with Gasteiger partial charge in [0.05, 0.1) is 19.8 Å². The molecule has 120 valence electrons. The summed E-state index contributed by atoms with van der Waals surface area (Å²) >= 11 is 0. The van der Waals surface area contributed by atoms with Gasteiger partial charge in [-0.25, -0.2) is 0 Å². The lowest BCUT2D eigenvalue weighted by molar-refractivity contribution is -0.0140. The van der Waals surface area contributed by atoms with Crippen LogP contribution in [0.2, 0.25) is 0 Å². The molecule has 0 aromatic heterocycles. The summed E-state index contributed by atoms with van der Waals surface area (Å²) in [6.45, 7) is 6.77. The molecule has 5 heteroatoms. The van der Waals surface area contributed by atoms with E-state index in [0.29, 0.717) is 31.4 Å². The molecule has 1 aromatic carbocycles. The Morgan fingerprint density at radius 3 is 2.38 bits per heavy atom. The van der Waals surface area contributed by atoms with Gasteiger partial charge in [0.1, 0.15) is 18.5 Å². The number of aliphatic hydroxyl groups is 1. The first-order valence-electron chi connectivity index (χ1n) is 7.37. The van der Waals surface area contributed by atoms with Crippen molar-refractivity contribution < 1.29 is 19.3 Å².